The van der Waals surface area contributed by atoms with Crippen molar-refractivity contribution >= 4 is 5.97 Å². The summed E-state index contributed by atoms with van der Waals surface area (Å²) in [6.45, 7) is 4.43. The first-order chi connectivity index (χ1) is 4.22. The van der Waals surface area contributed by atoms with Crippen LogP contribution >= 0.6 is 0 Å². The highest BCUT2D eigenvalue weighted by atomic mass is 16.5. The summed E-state index contributed by atoms with van der Waals surface area (Å²) in [4.78, 5) is 10.7. The number of hydrogen-bond donors (Lipinski definition) is 0. The summed E-state index contributed by atoms with van der Waals surface area (Å²) < 4.78 is 4.70. The van der Waals surface area contributed by atoms with Crippen LogP contribution in [0.1, 0.15) is 13.8 Å². The van der Waals surface area contributed by atoms with Crippen molar-refractivity contribution in [3.8, 4) is 0 Å². The van der Waals surface area contributed by atoms with Crippen LogP contribution in [0, 0.1) is 5.92 Å². The highest BCUT2D eigenvalue weighted by Crippen LogP contribution is 2.15. The number of esters is 1. The molecule has 0 N–H and O–H groups in total. The molecule has 2 nitrogen and oxygen atoms in total. The van der Waals surface area contributed by atoms with Crippen LogP contribution in [0.5, 0.6) is 0 Å². The van der Waals surface area contributed by atoms with Crippen LogP contribution in [0.25, 0.3) is 0 Å². The smallest absolute Gasteiger partial charge is 0.334 e. The Labute approximate surface area is 54.5 Å². The average Bonchev–Trinajstić information content (AvgIpc) is 2.13. The second-order valence-corrected chi connectivity index (χ2v) is 2.41. The van der Waals surface area contributed by atoms with Gasteiger partial charge in [0.25, 0.3) is 0 Å². The van der Waals surface area contributed by atoms with Gasteiger partial charge in [0, 0.05) is 5.57 Å². The van der Waals surface area contributed by atoms with Crippen molar-refractivity contribution in [2.75, 3.05) is 6.61 Å². The van der Waals surface area contributed by atoms with Crippen LogP contribution in [-0.4, -0.2) is 12.6 Å². The molecular formula is C7H10O2. The van der Waals surface area contributed by atoms with Gasteiger partial charge in [0.05, 0.1) is 0 Å². The van der Waals surface area contributed by atoms with Crippen LogP contribution in [0.2, 0.25) is 0 Å². The van der Waals surface area contributed by atoms with Crippen molar-refractivity contribution in [2.45, 2.75) is 13.8 Å². The molecule has 50 valence electrons. The van der Waals surface area contributed by atoms with Crippen molar-refractivity contribution < 1.29 is 9.53 Å². The zero-order valence-electron chi connectivity index (χ0n) is 5.68. The lowest BCUT2D eigenvalue weighted by Crippen LogP contribution is -2.04. The second kappa shape index (κ2) is 2.21. The maximum absolute atomic E-state index is 10.7. The monoisotopic (exact) mass is 126 g/mol. The lowest BCUT2D eigenvalue weighted by molar-refractivity contribution is -0.136. The van der Waals surface area contributed by atoms with Gasteiger partial charge in [-0.05, 0) is 12.0 Å². The highest BCUT2D eigenvalue weighted by Gasteiger charge is 2.18. The van der Waals surface area contributed by atoms with E-state index in [1.165, 1.54) is 0 Å². The van der Waals surface area contributed by atoms with E-state index in [-0.39, 0.29) is 5.97 Å². The first-order valence-corrected chi connectivity index (χ1v) is 3.09. The Morgan fingerprint density at radius 2 is 2.33 bits per heavy atom. The SMILES string of the molecule is CC(C)C1=CCOC1=O. The van der Waals surface area contributed by atoms with E-state index in [0.717, 1.165) is 5.57 Å². The van der Waals surface area contributed by atoms with E-state index in [1.54, 1.807) is 0 Å². The van der Waals surface area contributed by atoms with E-state index in [1.807, 2.05) is 19.9 Å². The minimum atomic E-state index is -0.148. The van der Waals surface area contributed by atoms with E-state index >= 15 is 0 Å². The van der Waals surface area contributed by atoms with E-state index in [0.29, 0.717) is 12.5 Å². The lowest BCUT2D eigenvalue weighted by Gasteiger charge is -2.00. The summed E-state index contributed by atoms with van der Waals surface area (Å²) in [5.74, 6) is 0.157. The molecule has 0 aromatic heterocycles. The van der Waals surface area contributed by atoms with Gasteiger partial charge in [0.1, 0.15) is 6.61 Å². The Balaban J connectivity index is 2.68. The molecule has 0 aromatic carbocycles. The van der Waals surface area contributed by atoms with E-state index in [9.17, 15) is 4.79 Å². The first-order valence-electron chi connectivity index (χ1n) is 3.09. The number of rotatable bonds is 1. The molecular weight excluding hydrogens is 116 g/mol. The molecule has 0 unspecified atom stereocenters. The van der Waals surface area contributed by atoms with Gasteiger partial charge in [0.15, 0.2) is 0 Å². The molecule has 0 saturated carbocycles. The average molecular weight is 126 g/mol. The van der Waals surface area contributed by atoms with Gasteiger partial charge < -0.3 is 4.74 Å². The Bertz CT molecular complexity index is 156. The molecule has 0 spiro atoms. The molecule has 1 rings (SSSR count). The van der Waals surface area contributed by atoms with Crippen LogP contribution in [0.15, 0.2) is 11.6 Å². The normalized spacial score (nSPS) is 18.1. The molecule has 0 bridgehead atoms. The van der Waals surface area contributed by atoms with Gasteiger partial charge in [-0.3, -0.25) is 0 Å². The molecule has 1 aliphatic heterocycles. The lowest BCUT2D eigenvalue weighted by atomic mass is 10.1. The summed E-state index contributed by atoms with van der Waals surface area (Å²) >= 11 is 0. The van der Waals surface area contributed by atoms with Crippen molar-refractivity contribution in [3.63, 3.8) is 0 Å². The minimum absolute atomic E-state index is 0.148. The topological polar surface area (TPSA) is 26.3 Å². The van der Waals surface area contributed by atoms with Crippen molar-refractivity contribution in [1.29, 1.82) is 0 Å². The third-order valence-corrected chi connectivity index (χ3v) is 1.38. The maximum Gasteiger partial charge on any atom is 0.334 e. The summed E-state index contributed by atoms with van der Waals surface area (Å²) in [6.07, 6.45) is 1.84. The quantitative estimate of drug-likeness (QED) is 0.492. The standard InChI is InChI=1S/C7H10O2/c1-5(2)6-3-4-9-7(6)8/h3,5H,4H2,1-2H3. The predicted molar refractivity (Wildman–Crippen MR) is 33.9 cm³/mol. The Morgan fingerprint density at radius 1 is 1.67 bits per heavy atom. The molecule has 0 saturated heterocycles. The molecule has 9 heavy (non-hydrogen) atoms. The fraction of sp³-hybridized carbons (Fsp3) is 0.571. The third kappa shape index (κ3) is 1.12. The molecule has 0 atom stereocenters. The summed E-state index contributed by atoms with van der Waals surface area (Å²) in [7, 11) is 0. The van der Waals surface area contributed by atoms with Gasteiger partial charge in [-0.2, -0.15) is 0 Å². The first kappa shape index (κ1) is 6.33. The van der Waals surface area contributed by atoms with Crippen LogP contribution in [-0.2, 0) is 9.53 Å². The van der Waals surface area contributed by atoms with Crippen LogP contribution < -0.4 is 0 Å². The number of hydrogen-bond acceptors (Lipinski definition) is 2. The molecule has 0 amide bonds. The Hall–Kier alpha value is -0.790. The molecule has 0 radical (unpaired) electrons. The fourth-order valence-corrected chi connectivity index (χ4v) is 0.845. The third-order valence-electron chi connectivity index (χ3n) is 1.38. The van der Waals surface area contributed by atoms with E-state index in [2.05, 4.69) is 0 Å². The van der Waals surface area contributed by atoms with Gasteiger partial charge in [-0.15, -0.1) is 0 Å². The number of carbonyl (C=O) groups is 1. The van der Waals surface area contributed by atoms with E-state index < -0.39 is 0 Å². The minimum Gasteiger partial charge on any atom is -0.458 e. The highest BCUT2D eigenvalue weighted by molar-refractivity contribution is 5.90. The zero-order chi connectivity index (χ0) is 6.85. The number of cyclic esters (lactones) is 1. The largest absolute Gasteiger partial charge is 0.458 e. The second-order valence-electron chi connectivity index (χ2n) is 2.41. The van der Waals surface area contributed by atoms with Crippen molar-refractivity contribution in [2.24, 2.45) is 5.92 Å². The molecule has 0 fully saturated rings. The van der Waals surface area contributed by atoms with Gasteiger partial charge in [0.2, 0.25) is 0 Å². The zero-order valence-corrected chi connectivity index (χ0v) is 5.68. The fourth-order valence-electron chi connectivity index (χ4n) is 0.845. The maximum atomic E-state index is 10.7. The number of ether oxygens (including phenoxy) is 1. The van der Waals surface area contributed by atoms with Crippen LogP contribution in [0.3, 0.4) is 0 Å². The Kier molecular flexibility index (Phi) is 1.56. The van der Waals surface area contributed by atoms with Crippen molar-refractivity contribution in [1.82, 2.24) is 0 Å². The molecule has 0 aromatic rings. The van der Waals surface area contributed by atoms with E-state index in [4.69, 9.17) is 4.74 Å². The van der Waals surface area contributed by atoms with Crippen LogP contribution in [0.4, 0.5) is 0 Å². The molecule has 1 aliphatic rings. The molecule has 1 heterocycles. The Morgan fingerprint density at radius 3 is 2.56 bits per heavy atom. The van der Waals surface area contributed by atoms with Gasteiger partial charge in [-0.25, -0.2) is 4.79 Å². The predicted octanol–water partition coefficient (Wildman–Crippen LogP) is 1.13. The van der Waals surface area contributed by atoms with Gasteiger partial charge in [-0.1, -0.05) is 13.8 Å². The molecule has 2 heteroatoms. The summed E-state index contributed by atoms with van der Waals surface area (Å²) in [6, 6.07) is 0. The number of carbonyl (C=O) groups excluding carboxylic acids is 1. The van der Waals surface area contributed by atoms with Crippen molar-refractivity contribution in [3.05, 3.63) is 11.6 Å². The van der Waals surface area contributed by atoms with Gasteiger partial charge >= 0.3 is 5.97 Å². The summed E-state index contributed by atoms with van der Waals surface area (Å²) in [5.41, 5.74) is 0.815. The summed E-state index contributed by atoms with van der Waals surface area (Å²) in [5, 5.41) is 0. The molecule has 0 aliphatic carbocycles.